The molecule has 0 atom stereocenters. The monoisotopic (exact) mass is 179 g/mol. The summed E-state index contributed by atoms with van der Waals surface area (Å²) < 4.78 is 12.5. The third-order valence-corrected chi connectivity index (χ3v) is 1.64. The van der Waals surface area contributed by atoms with Crippen molar-refractivity contribution in [1.82, 2.24) is 0 Å². The predicted octanol–water partition coefficient (Wildman–Crippen LogP) is 2.58. The smallest absolute Gasteiger partial charge is 0.123 e. The van der Waals surface area contributed by atoms with E-state index >= 15 is 0 Å². The van der Waals surface area contributed by atoms with Gasteiger partial charge in [0.15, 0.2) is 0 Å². The lowest BCUT2D eigenvalue weighted by atomic mass is 10.1. The fourth-order valence-corrected chi connectivity index (χ4v) is 0.995. The molecule has 2 nitrogen and oxygen atoms in total. The zero-order valence-electron chi connectivity index (χ0n) is 7.07. The Morgan fingerprint density at radius 2 is 2.08 bits per heavy atom. The Morgan fingerprint density at radius 1 is 1.46 bits per heavy atom. The average molecular weight is 179 g/mol. The summed E-state index contributed by atoms with van der Waals surface area (Å²) in [4.78, 5) is 0. The second-order valence-corrected chi connectivity index (χ2v) is 2.55. The highest BCUT2D eigenvalue weighted by Crippen LogP contribution is 2.06. The Hall–Kier alpha value is -1.64. The van der Waals surface area contributed by atoms with Gasteiger partial charge in [-0.1, -0.05) is 23.4 Å². The van der Waals surface area contributed by atoms with E-state index in [2.05, 4.69) is 11.7 Å². The van der Waals surface area contributed by atoms with Gasteiger partial charge in [0.1, 0.15) is 5.82 Å². The molecular weight excluding hydrogens is 169 g/mol. The van der Waals surface area contributed by atoms with Gasteiger partial charge in [-0.3, -0.25) is 0 Å². The number of hydrogen-bond acceptors (Lipinski definition) is 2. The summed E-state index contributed by atoms with van der Waals surface area (Å²) >= 11 is 0. The van der Waals surface area contributed by atoms with E-state index in [4.69, 9.17) is 5.21 Å². The van der Waals surface area contributed by atoms with E-state index in [1.807, 2.05) is 0 Å². The predicted molar refractivity (Wildman–Crippen MR) is 49.5 cm³/mol. The minimum absolute atomic E-state index is 0.306. The maximum atomic E-state index is 12.5. The molecule has 0 aliphatic heterocycles. The van der Waals surface area contributed by atoms with E-state index in [1.165, 1.54) is 12.1 Å². The fourth-order valence-electron chi connectivity index (χ4n) is 0.995. The normalized spacial score (nSPS) is 11.3. The first-order valence-corrected chi connectivity index (χ1v) is 3.85. The van der Waals surface area contributed by atoms with Crippen LogP contribution in [0.1, 0.15) is 12.0 Å². The van der Waals surface area contributed by atoms with Gasteiger partial charge in [-0.2, -0.15) is 0 Å². The number of nitrogens with zero attached hydrogens (tertiary/aromatic N) is 1. The summed E-state index contributed by atoms with van der Waals surface area (Å²) in [5.74, 6) is -0.306. The van der Waals surface area contributed by atoms with Crippen LogP contribution in [-0.2, 0) is 0 Å². The molecule has 0 amide bonds. The molecule has 0 heterocycles. The van der Waals surface area contributed by atoms with E-state index < -0.39 is 0 Å². The summed E-state index contributed by atoms with van der Waals surface area (Å²) in [6.45, 7) is 3.53. The molecule has 0 aliphatic carbocycles. The molecular formula is C10H10FNO. The first-order chi connectivity index (χ1) is 6.27. The Morgan fingerprint density at radius 3 is 2.54 bits per heavy atom. The van der Waals surface area contributed by atoms with Crippen LogP contribution in [0.25, 0.3) is 0 Å². The molecule has 0 saturated carbocycles. The highest BCUT2D eigenvalue weighted by atomic mass is 19.1. The van der Waals surface area contributed by atoms with Crippen molar-refractivity contribution in [3.05, 3.63) is 48.3 Å². The minimum atomic E-state index is -0.306. The summed E-state index contributed by atoms with van der Waals surface area (Å²) in [6, 6.07) is 5.77. The summed E-state index contributed by atoms with van der Waals surface area (Å²) in [5.41, 5.74) is 1.18. The number of rotatable bonds is 3. The number of allylic oxidation sites excluding steroid dienone is 1. The maximum absolute atomic E-state index is 12.5. The van der Waals surface area contributed by atoms with Crippen molar-refractivity contribution in [2.75, 3.05) is 0 Å². The van der Waals surface area contributed by atoms with Crippen molar-refractivity contribution >= 4 is 5.71 Å². The van der Waals surface area contributed by atoms with Gasteiger partial charge in [-0.05, 0) is 17.7 Å². The maximum Gasteiger partial charge on any atom is 0.123 e. The van der Waals surface area contributed by atoms with E-state index in [9.17, 15) is 4.39 Å². The van der Waals surface area contributed by atoms with Crippen LogP contribution in [0, 0.1) is 5.82 Å². The number of benzene rings is 1. The van der Waals surface area contributed by atoms with Gasteiger partial charge in [-0.25, -0.2) is 4.39 Å². The minimum Gasteiger partial charge on any atom is -0.411 e. The highest BCUT2D eigenvalue weighted by Gasteiger charge is 2.01. The first-order valence-electron chi connectivity index (χ1n) is 3.85. The van der Waals surface area contributed by atoms with Gasteiger partial charge in [0.25, 0.3) is 0 Å². The van der Waals surface area contributed by atoms with Crippen LogP contribution >= 0.6 is 0 Å². The van der Waals surface area contributed by atoms with Crippen LogP contribution in [0.3, 0.4) is 0 Å². The quantitative estimate of drug-likeness (QED) is 0.329. The molecule has 1 rings (SSSR count). The molecule has 0 fully saturated rings. The zero-order valence-corrected chi connectivity index (χ0v) is 7.07. The number of hydrogen-bond donors (Lipinski definition) is 1. The lowest BCUT2D eigenvalue weighted by Gasteiger charge is -2.00. The Kier molecular flexibility index (Phi) is 3.20. The van der Waals surface area contributed by atoms with Gasteiger partial charge in [0.05, 0.1) is 5.71 Å². The molecule has 1 aromatic carbocycles. The molecule has 3 heteroatoms. The topological polar surface area (TPSA) is 32.6 Å². The van der Waals surface area contributed by atoms with Crippen molar-refractivity contribution in [2.24, 2.45) is 5.16 Å². The fraction of sp³-hybridized carbons (Fsp3) is 0.100. The molecule has 68 valence electrons. The summed E-state index contributed by atoms with van der Waals surface area (Å²) in [5, 5.41) is 11.7. The molecule has 0 aromatic heterocycles. The van der Waals surface area contributed by atoms with Crippen LogP contribution in [0.4, 0.5) is 4.39 Å². The summed E-state index contributed by atoms with van der Waals surface area (Å²) in [6.07, 6.45) is 2.08. The molecule has 1 aromatic rings. The Labute approximate surface area is 76.0 Å². The van der Waals surface area contributed by atoms with Crippen LogP contribution < -0.4 is 0 Å². The van der Waals surface area contributed by atoms with E-state index in [-0.39, 0.29) is 5.82 Å². The molecule has 0 radical (unpaired) electrons. The number of halogens is 1. The van der Waals surface area contributed by atoms with Gasteiger partial charge in [0, 0.05) is 6.42 Å². The second kappa shape index (κ2) is 4.40. The van der Waals surface area contributed by atoms with Crippen molar-refractivity contribution in [2.45, 2.75) is 6.42 Å². The lowest BCUT2D eigenvalue weighted by molar-refractivity contribution is 0.318. The Balaban J connectivity index is 2.92. The van der Waals surface area contributed by atoms with Crippen LogP contribution in [0.15, 0.2) is 42.1 Å². The molecule has 0 unspecified atom stereocenters. The van der Waals surface area contributed by atoms with E-state index in [0.717, 1.165) is 0 Å². The molecule has 0 bridgehead atoms. The number of oxime groups is 1. The van der Waals surface area contributed by atoms with E-state index in [0.29, 0.717) is 17.7 Å². The molecule has 0 spiro atoms. The SMILES string of the molecule is C=CC/C(=N/O)c1ccc(F)cc1. The largest absolute Gasteiger partial charge is 0.411 e. The second-order valence-electron chi connectivity index (χ2n) is 2.55. The molecule has 0 saturated heterocycles. The molecule has 13 heavy (non-hydrogen) atoms. The molecule has 0 aliphatic rings. The first kappa shape index (κ1) is 9.45. The van der Waals surface area contributed by atoms with Crippen LogP contribution in [-0.4, -0.2) is 10.9 Å². The zero-order chi connectivity index (χ0) is 9.68. The third-order valence-electron chi connectivity index (χ3n) is 1.64. The van der Waals surface area contributed by atoms with Crippen LogP contribution in [0.5, 0.6) is 0 Å². The molecule has 1 N–H and O–H groups in total. The van der Waals surface area contributed by atoms with Crippen molar-refractivity contribution in [1.29, 1.82) is 0 Å². The third kappa shape index (κ3) is 2.40. The van der Waals surface area contributed by atoms with Crippen molar-refractivity contribution in [3.63, 3.8) is 0 Å². The standard InChI is InChI=1S/C10H10FNO/c1-2-3-10(12-13)8-4-6-9(11)7-5-8/h2,4-7,13H,1,3H2/b12-10-. The van der Waals surface area contributed by atoms with Gasteiger partial charge in [-0.15, -0.1) is 6.58 Å². The lowest BCUT2D eigenvalue weighted by Crippen LogP contribution is -1.98. The van der Waals surface area contributed by atoms with Gasteiger partial charge >= 0.3 is 0 Å². The average Bonchev–Trinajstić information content (AvgIpc) is 2.16. The van der Waals surface area contributed by atoms with Gasteiger partial charge < -0.3 is 5.21 Å². The Bertz CT molecular complexity index is 316. The van der Waals surface area contributed by atoms with Gasteiger partial charge in [0.2, 0.25) is 0 Å². The highest BCUT2D eigenvalue weighted by molar-refractivity contribution is 6.00. The van der Waals surface area contributed by atoms with Crippen molar-refractivity contribution < 1.29 is 9.60 Å². The van der Waals surface area contributed by atoms with Crippen molar-refractivity contribution in [3.8, 4) is 0 Å². The van der Waals surface area contributed by atoms with E-state index in [1.54, 1.807) is 18.2 Å². The summed E-state index contributed by atoms with van der Waals surface area (Å²) in [7, 11) is 0. The van der Waals surface area contributed by atoms with Crippen LogP contribution in [0.2, 0.25) is 0 Å².